The van der Waals surface area contributed by atoms with Crippen LogP contribution in [-0.2, 0) is 4.79 Å². The quantitative estimate of drug-likeness (QED) is 0.486. The fourth-order valence-electron chi connectivity index (χ4n) is 3.26. The summed E-state index contributed by atoms with van der Waals surface area (Å²) in [4.78, 5) is 12.3. The van der Waals surface area contributed by atoms with Crippen molar-refractivity contribution in [2.75, 3.05) is 13.1 Å². The minimum atomic E-state index is -0.363. The second kappa shape index (κ2) is 9.42. The maximum Gasteiger partial charge on any atom is 0.158 e. The number of hydrogen-bond donors (Lipinski definition) is 2. The van der Waals surface area contributed by atoms with Crippen LogP contribution in [0.15, 0.2) is 47.2 Å². The smallest absolute Gasteiger partial charge is 0.158 e. The summed E-state index contributed by atoms with van der Waals surface area (Å²) in [6, 6.07) is 9.50. The summed E-state index contributed by atoms with van der Waals surface area (Å²) in [6.45, 7) is 6.08. The fourth-order valence-corrected chi connectivity index (χ4v) is 3.57. The number of carbonyl (C=O) groups excluding carboxylic acids is 1. The van der Waals surface area contributed by atoms with Crippen LogP contribution < -0.4 is 10.6 Å². The van der Waals surface area contributed by atoms with Crippen molar-refractivity contribution in [3.05, 3.63) is 58.1 Å². The first-order chi connectivity index (χ1) is 12.1. The molecular weight excluding hydrogens is 330 g/mol. The molecule has 2 aliphatic heterocycles. The number of nitrogens with two attached hydrogens (primary N) is 1. The van der Waals surface area contributed by atoms with Crippen molar-refractivity contribution >= 4 is 28.9 Å². The zero-order chi connectivity index (χ0) is 18.2. The van der Waals surface area contributed by atoms with Crippen LogP contribution in [-0.4, -0.2) is 29.7 Å². The Kier molecular flexibility index (Phi) is 7.26. The fraction of sp³-hybridized carbons (Fsp3) is 0.400. The van der Waals surface area contributed by atoms with Crippen LogP contribution in [0.2, 0.25) is 0 Å². The molecule has 1 atom stereocenters. The second-order valence-corrected chi connectivity index (χ2v) is 6.75. The van der Waals surface area contributed by atoms with Crippen LogP contribution in [0.3, 0.4) is 0 Å². The lowest BCUT2D eigenvalue weighted by Gasteiger charge is -2.30. The van der Waals surface area contributed by atoms with Crippen molar-refractivity contribution in [3.63, 3.8) is 0 Å². The highest BCUT2D eigenvalue weighted by atomic mass is 32.1. The summed E-state index contributed by atoms with van der Waals surface area (Å²) in [7, 11) is 0. The van der Waals surface area contributed by atoms with Crippen molar-refractivity contribution in [1.29, 1.82) is 0 Å². The van der Waals surface area contributed by atoms with E-state index in [0.29, 0.717) is 16.1 Å². The van der Waals surface area contributed by atoms with Crippen LogP contribution >= 0.6 is 12.2 Å². The predicted octanol–water partition coefficient (Wildman–Crippen LogP) is 2.46. The summed E-state index contributed by atoms with van der Waals surface area (Å²) >= 11 is 5.20. The Hall–Kier alpha value is -2.07. The lowest BCUT2D eigenvalue weighted by molar-refractivity contribution is -0.662. The van der Waals surface area contributed by atoms with Gasteiger partial charge >= 0.3 is 0 Å². The van der Waals surface area contributed by atoms with Gasteiger partial charge in [-0.15, -0.1) is 0 Å². The van der Waals surface area contributed by atoms with Gasteiger partial charge < -0.3 is 16.0 Å². The Labute approximate surface area is 154 Å². The average Bonchev–Trinajstić information content (AvgIpc) is 2.63. The third kappa shape index (κ3) is 4.95. The van der Waals surface area contributed by atoms with Crippen molar-refractivity contribution < 1.29 is 10.1 Å². The molecule has 5 heteroatoms. The third-order valence-corrected chi connectivity index (χ3v) is 4.80. The van der Waals surface area contributed by atoms with Gasteiger partial charge in [0.2, 0.25) is 0 Å². The molecule has 0 aromatic heterocycles. The zero-order valence-corrected chi connectivity index (χ0v) is 15.7. The first-order valence-electron chi connectivity index (χ1n) is 8.73. The standard InChI is InChI=1S/C15H13N2OS.C5H11N/c1-9-13(10(2)18)14(11-6-4-3-5-7-11)12(8-16)15(19)17-9;1-2-4-6-5-3-1/h3-7,14H,1-2H3,(H,17,19);6H,1-5H2/q-1;/p+1. The van der Waals surface area contributed by atoms with E-state index in [2.05, 4.69) is 16.5 Å². The highest BCUT2D eigenvalue weighted by Crippen LogP contribution is 2.36. The highest BCUT2D eigenvalue weighted by Gasteiger charge is 2.31. The van der Waals surface area contributed by atoms with Gasteiger partial charge in [0.15, 0.2) is 5.78 Å². The lowest BCUT2D eigenvalue weighted by Crippen LogP contribution is -2.85. The SMILES string of the molecule is C1CC[NH2+]CC1.CC(=O)C1=C(C)NC(=S)C(=C=[N-])C1c1ccccc1. The molecule has 3 rings (SSSR count). The molecule has 132 valence electrons. The molecule has 2 heterocycles. The number of hydrogen-bond acceptors (Lipinski definition) is 2. The van der Waals surface area contributed by atoms with Gasteiger partial charge in [-0.2, -0.15) is 0 Å². The van der Waals surface area contributed by atoms with Crippen LogP contribution in [0.25, 0.3) is 5.41 Å². The van der Waals surface area contributed by atoms with Gasteiger partial charge in [-0.25, -0.2) is 0 Å². The van der Waals surface area contributed by atoms with Gasteiger partial charge in [-0.05, 0) is 38.7 Å². The molecule has 0 saturated carbocycles. The number of carbonyl (C=O) groups is 1. The zero-order valence-electron chi connectivity index (χ0n) is 14.8. The Morgan fingerprint density at radius 1 is 1.24 bits per heavy atom. The molecule has 1 aromatic carbocycles. The second-order valence-electron chi connectivity index (χ2n) is 6.34. The first-order valence-corrected chi connectivity index (χ1v) is 9.13. The van der Waals surface area contributed by atoms with Gasteiger partial charge in [-0.1, -0.05) is 42.5 Å². The highest BCUT2D eigenvalue weighted by molar-refractivity contribution is 7.80. The normalized spacial score (nSPS) is 20.2. The molecule has 3 N–H and O–H groups in total. The maximum absolute atomic E-state index is 11.9. The molecule has 0 bridgehead atoms. The monoisotopic (exact) mass is 355 g/mol. The number of piperidine rings is 1. The van der Waals surface area contributed by atoms with Gasteiger partial charge in [0.25, 0.3) is 0 Å². The van der Waals surface area contributed by atoms with E-state index in [1.807, 2.05) is 37.3 Å². The summed E-state index contributed by atoms with van der Waals surface area (Å²) < 4.78 is 0. The molecule has 1 saturated heterocycles. The van der Waals surface area contributed by atoms with Crippen molar-refractivity contribution in [3.8, 4) is 0 Å². The van der Waals surface area contributed by atoms with E-state index in [0.717, 1.165) is 11.3 Å². The van der Waals surface area contributed by atoms with Crippen LogP contribution in [0.1, 0.15) is 44.6 Å². The van der Waals surface area contributed by atoms with Gasteiger partial charge in [0, 0.05) is 22.8 Å². The number of nitrogens with one attached hydrogen (secondary N) is 1. The largest absolute Gasteiger partial charge is 0.763 e. The van der Waals surface area contributed by atoms with E-state index in [1.54, 1.807) is 0 Å². The molecular formula is C20H25N3OS. The Bertz CT molecular complexity index is 702. The summed E-state index contributed by atoms with van der Waals surface area (Å²) in [5.41, 5.74) is 2.67. The molecule has 0 amide bonds. The van der Waals surface area contributed by atoms with E-state index in [4.69, 9.17) is 12.2 Å². The van der Waals surface area contributed by atoms with Crippen LogP contribution in [0, 0.1) is 0 Å². The van der Waals surface area contributed by atoms with Crippen molar-refractivity contribution in [2.24, 2.45) is 0 Å². The Morgan fingerprint density at radius 2 is 1.88 bits per heavy atom. The number of Topliss-reactive ketones (excluding diaryl/α,β-unsaturated/α-hetero) is 1. The molecule has 1 unspecified atom stereocenters. The van der Waals surface area contributed by atoms with Crippen LogP contribution in [0.5, 0.6) is 0 Å². The summed E-state index contributed by atoms with van der Waals surface area (Å²) in [5, 5.41) is 14.7. The number of allylic oxidation sites excluding steroid dienone is 2. The number of ketones is 1. The molecule has 0 spiro atoms. The lowest BCUT2D eigenvalue weighted by atomic mass is 9.80. The Balaban J connectivity index is 0.000000316. The number of quaternary nitrogens is 1. The molecule has 2 aliphatic rings. The van der Waals surface area contributed by atoms with E-state index >= 15 is 0 Å². The van der Waals surface area contributed by atoms with Crippen molar-refractivity contribution in [2.45, 2.75) is 39.0 Å². The van der Waals surface area contributed by atoms with E-state index in [-0.39, 0.29) is 11.7 Å². The molecule has 1 fully saturated rings. The van der Waals surface area contributed by atoms with Crippen LogP contribution in [0.4, 0.5) is 0 Å². The summed E-state index contributed by atoms with van der Waals surface area (Å²) in [5.74, 6) is 1.72. The summed E-state index contributed by atoms with van der Waals surface area (Å²) in [6.07, 6.45) is 4.36. The molecule has 4 nitrogen and oxygen atoms in total. The van der Waals surface area contributed by atoms with E-state index in [9.17, 15) is 10.2 Å². The Morgan fingerprint density at radius 3 is 2.32 bits per heavy atom. The van der Waals surface area contributed by atoms with Gasteiger partial charge in [0.05, 0.1) is 13.1 Å². The molecule has 0 aliphatic carbocycles. The third-order valence-electron chi connectivity index (χ3n) is 4.48. The number of rotatable bonds is 2. The topological polar surface area (TPSA) is 68.0 Å². The van der Waals surface area contributed by atoms with Gasteiger partial charge in [0.1, 0.15) is 4.99 Å². The molecule has 0 radical (unpaired) electrons. The predicted molar refractivity (Wildman–Crippen MR) is 106 cm³/mol. The van der Waals surface area contributed by atoms with E-state index < -0.39 is 0 Å². The number of thiocarbonyl (C=S) groups is 1. The maximum atomic E-state index is 11.9. The number of benzene rings is 1. The van der Waals surface area contributed by atoms with E-state index in [1.165, 1.54) is 39.3 Å². The first kappa shape index (κ1) is 19.3. The van der Waals surface area contributed by atoms with Crippen molar-refractivity contribution in [1.82, 2.24) is 5.32 Å². The number of nitrogens with zero attached hydrogens (tertiary/aromatic N) is 1. The average molecular weight is 356 g/mol. The van der Waals surface area contributed by atoms with Gasteiger partial charge in [-0.3, -0.25) is 10.7 Å². The molecule has 1 aromatic rings. The minimum absolute atomic E-state index is 0.0471. The molecule has 25 heavy (non-hydrogen) atoms. The minimum Gasteiger partial charge on any atom is -0.763 e.